The van der Waals surface area contributed by atoms with Crippen molar-refractivity contribution in [1.29, 1.82) is 0 Å². The monoisotopic (exact) mass is 215 g/mol. The van der Waals surface area contributed by atoms with Crippen molar-refractivity contribution in [1.82, 2.24) is 5.32 Å². The first-order valence-corrected chi connectivity index (χ1v) is 5.50. The third kappa shape index (κ3) is 4.18. The number of esters is 1. The molecule has 1 aliphatic rings. The fourth-order valence-electron chi connectivity index (χ4n) is 1.77. The van der Waals surface area contributed by atoms with Gasteiger partial charge in [0.05, 0.1) is 19.1 Å². The molecule has 0 bridgehead atoms. The van der Waals surface area contributed by atoms with Gasteiger partial charge in [0.1, 0.15) is 0 Å². The van der Waals surface area contributed by atoms with Crippen molar-refractivity contribution in [2.45, 2.75) is 44.8 Å². The fourth-order valence-corrected chi connectivity index (χ4v) is 1.77. The molecule has 88 valence electrons. The average Bonchev–Trinajstić information content (AvgIpc) is 2.63. The van der Waals surface area contributed by atoms with Gasteiger partial charge in [0.25, 0.3) is 0 Å². The molecule has 0 aromatic heterocycles. The summed E-state index contributed by atoms with van der Waals surface area (Å²) in [7, 11) is 1.41. The molecular weight excluding hydrogens is 194 g/mol. The summed E-state index contributed by atoms with van der Waals surface area (Å²) in [5, 5.41) is 3.30. The van der Waals surface area contributed by atoms with Crippen LogP contribution in [0.25, 0.3) is 0 Å². The van der Waals surface area contributed by atoms with Crippen molar-refractivity contribution in [3.8, 4) is 0 Å². The van der Waals surface area contributed by atoms with Gasteiger partial charge in [-0.05, 0) is 26.7 Å². The van der Waals surface area contributed by atoms with Crippen LogP contribution in [0.2, 0.25) is 0 Å². The lowest BCUT2D eigenvalue weighted by Gasteiger charge is -2.25. The Bertz CT molecular complexity index is 212. The molecule has 4 nitrogen and oxygen atoms in total. The van der Waals surface area contributed by atoms with Crippen molar-refractivity contribution in [3.63, 3.8) is 0 Å². The molecule has 1 fully saturated rings. The summed E-state index contributed by atoms with van der Waals surface area (Å²) in [4.78, 5) is 11.0. The number of rotatable bonds is 5. The van der Waals surface area contributed by atoms with Crippen LogP contribution in [0, 0.1) is 0 Å². The molecule has 0 aromatic rings. The summed E-state index contributed by atoms with van der Waals surface area (Å²) in [6, 6.07) is 0.137. The number of carbonyl (C=O) groups excluding carboxylic acids is 1. The minimum Gasteiger partial charge on any atom is -0.469 e. The van der Waals surface area contributed by atoms with Gasteiger partial charge in [0.15, 0.2) is 0 Å². The summed E-state index contributed by atoms with van der Waals surface area (Å²) in [5.74, 6) is -0.174. The van der Waals surface area contributed by atoms with E-state index in [-0.39, 0.29) is 17.6 Å². The number of carbonyl (C=O) groups is 1. The fraction of sp³-hybridized carbons (Fsp3) is 0.909. The number of methoxy groups -OCH3 is 1. The van der Waals surface area contributed by atoms with Crippen LogP contribution < -0.4 is 5.32 Å². The molecule has 2 atom stereocenters. The maximum absolute atomic E-state index is 11.0. The van der Waals surface area contributed by atoms with Crippen molar-refractivity contribution < 1.29 is 14.3 Å². The molecular formula is C11H21NO3. The summed E-state index contributed by atoms with van der Waals surface area (Å²) in [5.41, 5.74) is -0.0512. The molecule has 0 spiro atoms. The second kappa shape index (κ2) is 5.47. The molecule has 1 saturated heterocycles. The molecule has 15 heavy (non-hydrogen) atoms. The normalized spacial score (nSPS) is 27.7. The van der Waals surface area contributed by atoms with E-state index in [0.717, 1.165) is 26.0 Å². The van der Waals surface area contributed by atoms with Crippen LogP contribution in [0.4, 0.5) is 0 Å². The molecule has 2 unspecified atom stereocenters. The van der Waals surface area contributed by atoms with E-state index in [1.807, 2.05) is 6.92 Å². The van der Waals surface area contributed by atoms with Gasteiger partial charge in [-0.2, -0.15) is 0 Å². The van der Waals surface area contributed by atoms with Crippen molar-refractivity contribution in [2.24, 2.45) is 0 Å². The van der Waals surface area contributed by atoms with Crippen LogP contribution in [-0.2, 0) is 14.3 Å². The smallest absolute Gasteiger partial charge is 0.307 e. The summed E-state index contributed by atoms with van der Waals surface area (Å²) >= 11 is 0. The summed E-state index contributed by atoms with van der Waals surface area (Å²) < 4.78 is 10.3. The van der Waals surface area contributed by atoms with Crippen LogP contribution in [-0.4, -0.2) is 37.9 Å². The van der Waals surface area contributed by atoms with Crippen LogP contribution in [0.1, 0.15) is 33.1 Å². The predicted molar refractivity (Wildman–Crippen MR) is 57.7 cm³/mol. The topological polar surface area (TPSA) is 47.6 Å². The Morgan fingerprint density at radius 2 is 2.40 bits per heavy atom. The molecule has 0 saturated carbocycles. The van der Waals surface area contributed by atoms with Crippen LogP contribution >= 0.6 is 0 Å². The van der Waals surface area contributed by atoms with Gasteiger partial charge in [-0.15, -0.1) is 0 Å². The van der Waals surface area contributed by atoms with E-state index in [4.69, 9.17) is 4.74 Å². The number of nitrogens with one attached hydrogen (secondary N) is 1. The first kappa shape index (κ1) is 12.5. The molecule has 0 amide bonds. The average molecular weight is 215 g/mol. The van der Waals surface area contributed by atoms with Crippen molar-refractivity contribution >= 4 is 5.97 Å². The number of ether oxygens (including phenoxy) is 2. The third-order valence-electron chi connectivity index (χ3n) is 2.83. The van der Waals surface area contributed by atoms with Crippen molar-refractivity contribution in [2.75, 3.05) is 20.3 Å². The molecule has 0 aromatic carbocycles. The molecule has 0 radical (unpaired) electrons. The van der Waals surface area contributed by atoms with Crippen LogP contribution in [0.15, 0.2) is 0 Å². The Balaban J connectivity index is 2.21. The number of hydrogen-bond donors (Lipinski definition) is 1. The van der Waals surface area contributed by atoms with E-state index < -0.39 is 0 Å². The maximum atomic E-state index is 11.0. The molecule has 1 rings (SSSR count). The highest BCUT2D eigenvalue weighted by Gasteiger charge is 2.29. The minimum atomic E-state index is -0.174. The lowest BCUT2D eigenvalue weighted by Crippen LogP contribution is -2.41. The van der Waals surface area contributed by atoms with Gasteiger partial charge in [-0.25, -0.2) is 0 Å². The lowest BCUT2D eigenvalue weighted by molar-refractivity contribution is -0.141. The van der Waals surface area contributed by atoms with Gasteiger partial charge in [-0.3, -0.25) is 4.79 Å². The Kier molecular flexibility index (Phi) is 4.54. The van der Waals surface area contributed by atoms with E-state index >= 15 is 0 Å². The van der Waals surface area contributed by atoms with E-state index in [1.54, 1.807) is 0 Å². The molecule has 4 heteroatoms. The largest absolute Gasteiger partial charge is 0.469 e. The second-order valence-electron chi connectivity index (χ2n) is 4.46. The van der Waals surface area contributed by atoms with Gasteiger partial charge in [0.2, 0.25) is 0 Å². The van der Waals surface area contributed by atoms with E-state index in [1.165, 1.54) is 7.11 Å². The minimum absolute atomic E-state index is 0.0512. The highest BCUT2D eigenvalue weighted by Crippen LogP contribution is 2.24. The molecule has 0 aliphatic carbocycles. The molecule has 1 aliphatic heterocycles. The standard InChI is InChI=1S/C11H21NO3/c1-9(7-10(13)14-3)12-8-11(2)5-4-6-15-11/h9,12H,4-8H2,1-3H3. The van der Waals surface area contributed by atoms with Gasteiger partial charge in [0, 0.05) is 19.2 Å². The third-order valence-corrected chi connectivity index (χ3v) is 2.83. The highest BCUT2D eigenvalue weighted by molar-refractivity contribution is 5.69. The summed E-state index contributed by atoms with van der Waals surface area (Å²) in [6.45, 7) is 5.74. The predicted octanol–water partition coefficient (Wildman–Crippen LogP) is 1.10. The Morgan fingerprint density at radius 3 is 2.93 bits per heavy atom. The van der Waals surface area contributed by atoms with E-state index in [0.29, 0.717) is 6.42 Å². The first-order valence-electron chi connectivity index (χ1n) is 5.50. The molecule has 1 N–H and O–H groups in total. The maximum Gasteiger partial charge on any atom is 0.307 e. The SMILES string of the molecule is COC(=O)CC(C)NCC1(C)CCCO1. The Labute approximate surface area is 91.3 Å². The quantitative estimate of drug-likeness (QED) is 0.698. The van der Waals surface area contributed by atoms with Crippen LogP contribution in [0.5, 0.6) is 0 Å². The Morgan fingerprint density at radius 1 is 1.67 bits per heavy atom. The number of hydrogen-bond acceptors (Lipinski definition) is 4. The van der Waals surface area contributed by atoms with Gasteiger partial charge < -0.3 is 14.8 Å². The first-order chi connectivity index (χ1) is 7.06. The van der Waals surface area contributed by atoms with Crippen molar-refractivity contribution in [3.05, 3.63) is 0 Å². The Hall–Kier alpha value is -0.610. The van der Waals surface area contributed by atoms with E-state index in [9.17, 15) is 4.79 Å². The van der Waals surface area contributed by atoms with Crippen LogP contribution in [0.3, 0.4) is 0 Å². The lowest BCUT2D eigenvalue weighted by atomic mass is 10.0. The molecule has 1 heterocycles. The zero-order valence-corrected chi connectivity index (χ0v) is 9.84. The van der Waals surface area contributed by atoms with E-state index in [2.05, 4.69) is 17.0 Å². The van der Waals surface area contributed by atoms with Gasteiger partial charge in [-0.1, -0.05) is 0 Å². The second-order valence-corrected chi connectivity index (χ2v) is 4.46. The van der Waals surface area contributed by atoms with Gasteiger partial charge >= 0.3 is 5.97 Å². The zero-order chi connectivity index (χ0) is 11.3. The summed E-state index contributed by atoms with van der Waals surface area (Å²) in [6.07, 6.45) is 2.63. The highest BCUT2D eigenvalue weighted by atomic mass is 16.5. The zero-order valence-electron chi connectivity index (χ0n) is 9.84.